The first-order valence-corrected chi connectivity index (χ1v) is 8.23. The Morgan fingerprint density at radius 3 is 2.78 bits per heavy atom. The van der Waals surface area contributed by atoms with Crippen molar-refractivity contribution in [2.24, 2.45) is 4.99 Å². The van der Waals surface area contributed by atoms with E-state index >= 15 is 0 Å². The Balaban J connectivity index is 0.00000264. The molecule has 1 heterocycles. The summed E-state index contributed by atoms with van der Waals surface area (Å²) in [5.74, 6) is 0.551. The van der Waals surface area contributed by atoms with E-state index in [-0.39, 0.29) is 29.8 Å². The van der Waals surface area contributed by atoms with Crippen molar-refractivity contribution in [3.8, 4) is 0 Å². The number of aromatic amines is 1. The van der Waals surface area contributed by atoms with E-state index in [4.69, 9.17) is 0 Å². The van der Waals surface area contributed by atoms with Crippen molar-refractivity contribution in [2.45, 2.75) is 18.0 Å². The van der Waals surface area contributed by atoms with E-state index in [9.17, 15) is 4.39 Å². The van der Waals surface area contributed by atoms with Crippen molar-refractivity contribution in [1.82, 2.24) is 15.2 Å². The molecule has 2 aromatic rings. The Kier molecular flexibility index (Phi) is 8.46. The molecule has 1 aromatic carbocycles. The SMILES string of the molecule is CN=C(NCc1cc(F)ccc1SC)N(C)Cc1ccc[nH]1.I. The molecule has 23 heavy (non-hydrogen) atoms. The van der Waals surface area contributed by atoms with Gasteiger partial charge in [0.25, 0.3) is 0 Å². The van der Waals surface area contributed by atoms with Crippen LogP contribution in [-0.2, 0) is 13.1 Å². The third kappa shape index (κ3) is 5.72. The molecule has 0 aliphatic rings. The highest BCUT2D eigenvalue weighted by Crippen LogP contribution is 2.21. The standard InChI is InChI=1S/C16H21FN4S.HI/c1-18-16(21(2)11-14-5-4-8-19-14)20-10-12-9-13(17)6-7-15(12)22-3;/h4-9,19H,10-11H2,1-3H3,(H,18,20);1H. The van der Waals surface area contributed by atoms with Crippen molar-refractivity contribution in [3.05, 3.63) is 53.6 Å². The molecule has 0 saturated carbocycles. The maximum atomic E-state index is 13.4. The number of rotatable bonds is 5. The first-order valence-electron chi connectivity index (χ1n) is 7.00. The van der Waals surface area contributed by atoms with Crippen LogP contribution in [0.15, 0.2) is 46.4 Å². The molecule has 2 N–H and O–H groups in total. The monoisotopic (exact) mass is 448 g/mol. The normalized spacial score (nSPS) is 11.0. The zero-order valence-corrected chi connectivity index (χ0v) is 16.6. The lowest BCUT2D eigenvalue weighted by Crippen LogP contribution is -2.38. The lowest BCUT2D eigenvalue weighted by Gasteiger charge is -2.22. The molecular formula is C16H22FIN4S. The predicted octanol–water partition coefficient (Wildman–Crippen LogP) is 3.70. The molecule has 0 spiro atoms. The Hall–Kier alpha value is -1.22. The van der Waals surface area contributed by atoms with Gasteiger partial charge in [-0.2, -0.15) is 0 Å². The van der Waals surface area contributed by atoms with E-state index in [0.29, 0.717) is 6.54 Å². The van der Waals surface area contributed by atoms with Gasteiger partial charge in [0.05, 0.1) is 6.54 Å². The van der Waals surface area contributed by atoms with E-state index in [1.54, 1.807) is 24.9 Å². The Bertz CT molecular complexity index is 631. The molecule has 126 valence electrons. The molecular weight excluding hydrogens is 426 g/mol. The largest absolute Gasteiger partial charge is 0.364 e. The predicted molar refractivity (Wildman–Crippen MR) is 106 cm³/mol. The molecule has 7 heteroatoms. The summed E-state index contributed by atoms with van der Waals surface area (Å²) in [6, 6.07) is 8.86. The summed E-state index contributed by atoms with van der Waals surface area (Å²) in [5, 5.41) is 3.28. The quantitative estimate of drug-likeness (QED) is 0.317. The van der Waals surface area contributed by atoms with Crippen LogP contribution in [0, 0.1) is 5.82 Å². The Morgan fingerprint density at radius 1 is 1.39 bits per heavy atom. The Morgan fingerprint density at radius 2 is 2.17 bits per heavy atom. The molecule has 0 unspecified atom stereocenters. The summed E-state index contributed by atoms with van der Waals surface area (Å²) in [7, 11) is 3.71. The van der Waals surface area contributed by atoms with E-state index in [2.05, 4.69) is 15.3 Å². The molecule has 0 radical (unpaired) electrons. The minimum absolute atomic E-state index is 0. The molecule has 0 atom stereocenters. The van der Waals surface area contributed by atoms with Crippen LogP contribution in [0.5, 0.6) is 0 Å². The van der Waals surface area contributed by atoms with Gasteiger partial charge in [0.2, 0.25) is 0 Å². The lowest BCUT2D eigenvalue weighted by molar-refractivity contribution is 0.470. The van der Waals surface area contributed by atoms with Crippen LogP contribution in [-0.4, -0.2) is 36.2 Å². The highest BCUT2D eigenvalue weighted by Gasteiger charge is 2.09. The average Bonchev–Trinajstić information content (AvgIpc) is 3.01. The van der Waals surface area contributed by atoms with E-state index in [1.807, 2.05) is 42.6 Å². The number of guanidine groups is 1. The van der Waals surface area contributed by atoms with Gasteiger partial charge in [0.1, 0.15) is 5.82 Å². The molecule has 1 aromatic heterocycles. The number of hydrogen-bond donors (Lipinski definition) is 2. The Labute approximate surface area is 158 Å². The van der Waals surface area contributed by atoms with Gasteiger partial charge in [-0.15, -0.1) is 35.7 Å². The van der Waals surface area contributed by atoms with Gasteiger partial charge in [-0.1, -0.05) is 0 Å². The second-order valence-corrected chi connectivity index (χ2v) is 5.76. The second kappa shape index (κ2) is 9.82. The van der Waals surface area contributed by atoms with Gasteiger partial charge < -0.3 is 15.2 Å². The molecule has 2 rings (SSSR count). The third-order valence-corrected chi connectivity index (χ3v) is 4.16. The third-order valence-electron chi connectivity index (χ3n) is 3.32. The van der Waals surface area contributed by atoms with Gasteiger partial charge in [-0.3, -0.25) is 4.99 Å². The average molecular weight is 448 g/mol. The highest BCUT2D eigenvalue weighted by molar-refractivity contribution is 14.0. The summed E-state index contributed by atoms with van der Waals surface area (Å²) in [4.78, 5) is 10.5. The summed E-state index contributed by atoms with van der Waals surface area (Å²) in [6.07, 6.45) is 3.89. The van der Waals surface area contributed by atoms with Crippen LogP contribution >= 0.6 is 35.7 Å². The molecule has 0 bridgehead atoms. The van der Waals surface area contributed by atoms with Gasteiger partial charge in [-0.25, -0.2) is 4.39 Å². The van der Waals surface area contributed by atoms with Crippen molar-refractivity contribution < 1.29 is 4.39 Å². The van der Waals surface area contributed by atoms with Crippen LogP contribution in [0.1, 0.15) is 11.3 Å². The number of halogens is 2. The maximum absolute atomic E-state index is 13.4. The van der Waals surface area contributed by atoms with Crippen molar-refractivity contribution in [3.63, 3.8) is 0 Å². The molecule has 0 aliphatic heterocycles. The number of nitrogens with one attached hydrogen (secondary N) is 2. The number of hydrogen-bond acceptors (Lipinski definition) is 2. The fraction of sp³-hybridized carbons (Fsp3) is 0.312. The topological polar surface area (TPSA) is 43.4 Å². The van der Waals surface area contributed by atoms with Gasteiger partial charge in [0.15, 0.2) is 5.96 Å². The summed E-state index contributed by atoms with van der Waals surface area (Å²) < 4.78 is 13.4. The lowest BCUT2D eigenvalue weighted by atomic mass is 10.2. The molecule has 0 fully saturated rings. The number of H-pyrrole nitrogens is 1. The first kappa shape index (κ1) is 19.8. The van der Waals surface area contributed by atoms with E-state index in [1.165, 1.54) is 6.07 Å². The number of benzene rings is 1. The van der Waals surface area contributed by atoms with E-state index in [0.717, 1.165) is 28.7 Å². The number of nitrogens with zero attached hydrogens (tertiary/aromatic N) is 2. The van der Waals surface area contributed by atoms with Gasteiger partial charge in [0, 0.05) is 37.4 Å². The fourth-order valence-electron chi connectivity index (χ4n) is 2.24. The van der Waals surface area contributed by atoms with Crippen molar-refractivity contribution in [2.75, 3.05) is 20.4 Å². The summed E-state index contributed by atoms with van der Waals surface area (Å²) in [6.45, 7) is 1.26. The van der Waals surface area contributed by atoms with Crippen LogP contribution in [0.3, 0.4) is 0 Å². The molecule has 0 aliphatic carbocycles. The molecule has 4 nitrogen and oxygen atoms in total. The minimum atomic E-state index is -0.218. The zero-order chi connectivity index (χ0) is 15.9. The van der Waals surface area contributed by atoms with Crippen LogP contribution < -0.4 is 5.32 Å². The zero-order valence-electron chi connectivity index (χ0n) is 13.5. The minimum Gasteiger partial charge on any atom is -0.364 e. The smallest absolute Gasteiger partial charge is 0.194 e. The van der Waals surface area contributed by atoms with Gasteiger partial charge >= 0.3 is 0 Å². The molecule has 0 saturated heterocycles. The summed E-state index contributed by atoms with van der Waals surface area (Å²) in [5.41, 5.74) is 2.04. The highest BCUT2D eigenvalue weighted by atomic mass is 127. The summed E-state index contributed by atoms with van der Waals surface area (Å²) >= 11 is 1.61. The second-order valence-electron chi connectivity index (χ2n) is 4.91. The van der Waals surface area contributed by atoms with Gasteiger partial charge in [-0.05, 0) is 42.2 Å². The number of aliphatic imine (C=N–C) groups is 1. The first-order chi connectivity index (χ1) is 10.6. The maximum Gasteiger partial charge on any atom is 0.194 e. The number of thioether (sulfide) groups is 1. The van der Waals surface area contributed by atoms with Crippen molar-refractivity contribution >= 4 is 41.7 Å². The molecule has 0 amide bonds. The van der Waals surface area contributed by atoms with Crippen molar-refractivity contribution in [1.29, 1.82) is 0 Å². The van der Waals surface area contributed by atoms with E-state index < -0.39 is 0 Å². The fourth-order valence-corrected chi connectivity index (χ4v) is 2.84. The number of aromatic nitrogens is 1. The van der Waals surface area contributed by atoms with Crippen LogP contribution in [0.2, 0.25) is 0 Å². The van der Waals surface area contributed by atoms with Crippen LogP contribution in [0.4, 0.5) is 4.39 Å². The van der Waals surface area contributed by atoms with Crippen LogP contribution in [0.25, 0.3) is 0 Å².